The standard InChI is InChI=1S/2C18H15P.C7H7.CHO.ClH.Ru/c2*1-4-10-16(11-5-1)19(17-12-6-2-7-13-17)18-14-8-3-9-15-18;1-7-5-3-2-4-6-7;1-2;;/h2*1-15H;3-6H,1H3;1H;1H;/q;;2*-1;;+3/p+1. The minimum atomic E-state index is -0.877. The second-order valence-corrected chi connectivity index (χ2v) is 15.5. The van der Waals surface area contributed by atoms with Crippen LogP contribution >= 0.6 is 25.5 Å². The fourth-order valence-corrected chi connectivity index (χ4v) is 10.3. The molecule has 245 valence electrons. The van der Waals surface area contributed by atoms with Gasteiger partial charge >= 0.3 is 27.0 Å². The third-order valence-corrected chi connectivity index (χ3v) is 12.7. The van der Waals surface area contributed by atoms with Crippen LogP contribution < -0.4 is 31.8 Å². The van der Waals surface area contributed by atoms with Gasteiger partial charge in [-0.3, -0.25) is 6.79 Å². The van der Waals surface area contributed by atoms with Gasteiger partial charge in [-0.1, -0.05) is 116 Å². The molecule has 0 aliphatic carbocycles. The van der Waals surface area contributed by atoms with Crippen LogP contribution in [-0.2, 0) is 22.1 Å². The van der Waals surface area contributed by atoms with E-state index in [2.05, 4.69) is 211 Å². The van der Waals surface area contributed by atoms with E-state index in [0.717, 1.165) is 0 Å². The van der Waals surface area contributed by atoms with Crippen LogP contribution in [0.5, 0.6) is 0 Å². The van der Waals surface area contributed by atoms with Crippen LogP contribution in [-0.4, -0.2) is 6.79 Å². The maximum atomic E-state index is 7.75. The van der Waals surface area contributed by atoms with Gasteiger partial charge in [-0.05, 0) is 72.8 Å². The van der Waals surface area contributed by atoms with E-state index in [4.69, 9.17) is 4.79 Å². The summed E-state index contributed by atoms with van der Waals surface area (Å²) in [4.78, 5) is 7.75. The molecule has 0 bridgehead atoms. The van der Waals surface area contributed by atoms with Crippen LogP contribution in [0.3, 0.4) is 0 Å². The van der Waals surface area contributed by atoms with Crippen LogP contribution in [0.4, 0.5) is 0 Å². The Balaban J connectivity index is 0.000000205. The zero-order valence-corrected chi connectivity index (χ0v) is 31.8. The van der Waals surface area contributed by atoms with E-state index in [0.29, 0.717) is 0 Å². The third-order valence-electron chi connectivity index (χ3n) is 7.26. The zero-order valence-electron chi connectivity index (χ0n) is 27.3. The van der Waals surface area contributed by atoms with E-state index in [9.17, 15) is 0 Å². The van der Waals surface area contributed by atoms with Crippen molar-refractivity contribution in [1.29, 1.82) is 0 Å². The van der Waals surface area contributed by atoms with Gasteiger partial charge in [0.1, 0.15) is 31.8 Å². The monoisotopic (exact) mass is 783 g/mol. The number of benzene rings is 7. The predicted molar refractivity (Wildman–Crippen MR) is 216 cm³/mol. The van der Waals surface area contributed by atoms with Gasteiger partial charge in [0, 0.05) is 0 Å². The van der Waals surface area contributed by atoms with E-state index in [1.165, 1.54) is 37.4 Å². The molecule has 0 heterocycles. The number of hydrogen-bond acceptors (Lipinski definition) is 1. The Labute approximate surface area is 309 Å². The molecule has 0 fully saturated rings. The van der Waals surface area contributed by atoms with Gasteiger partial charge in [0.25, 0.3) is 0 Å². The quantitative estimate of drug-likeness (QED) is 0.0716. The van der Waals surface area contributed by atoms with Crippen molar-refractivity contribution in [2.45, 2.75) is 6.92 Å². The molecule has 0 amide bonds. The zero-order chi connectivity index (χ0) is 34.9. The summed E-state index contributed by atoms with van der Waals surface area (Å²) in [5.74, 6) is 0. The molecule has 0 atom stereocenters. The minimum Gasteiger partial charge on any atom is -0.0620 e. The van der Waals surface area contributed by atoms with Gasteiger partial charge in [0.2, 0.25) is 0 Å². The first kappa shape index (κ1) is 39.4. The van der Waals surface area contributed by atoms with E-state index in [1.54, 1.807) is 0 Å². The molecule has 1 nitrogen and oxygen atoms in total. The molecule has 7 rings (SSSR count). The van der Waals surface area contributed by atoms with Crippen LogP contribution in [0.15, 0.2) is 206 Å². The Morgan fingerprint density at radius 2 is 0.571 bits per heavy atom. The Hall–Kier alpha value is -4.02. The molecule has 5 heteroatoms. The average Bonchev–Trinajstić information content (AvgIpc) is 3.20. The topological polar surface area (TPSA) is 17.1 Å². The molecule has 0 aromatic heterocycles. The summed E-state index contributed by atoms with van der Waals surface area (Å²) in [7, 11) is 2.81. The van der Waals surface area contributed by atoms with Crippen molar-refractivity contribution in [2.75, 3.05) is 0 Å². The normalized spacial score (nSPS) is 9.63. The van der Waals surface area contributed by atoms with Crippen molar-refractivity contribution in [3.05, 3.63) is 218 Å². The van der Waals surface area contributed by atoms with Gasteiger partial charge in [0.05, 0.1) is 15.8 Å². The van der Waals surface area contributed by atoms with Crippen LogP contribution in [0, 0.1) is 13.0 Å². The number of carbonyl (C=O) groups excluding carboxylic acids is 1. The first-order chi connectivity index (χ1) is 24.3. The molecule has 0 saturated carbocycles. The summed E-state index contributed by atoms with van der Waals surface area (Å²) in [5.41, 5.74) is 1.29. The maximum absolute atomic E-state index is 7.75. The number of hydrogen-bond donors (Lipinski definition) is 0. The Morgan fingerprint density at radius 1 is 0.388 bits per heavy atom. The molecule has 0 aliphatic heterocycles. The fourth-order valence-electron chi connectivity index (χ4n) is 5.10. The predicted octanol–water partition coefficient (Wildman–Crippen LogP) is 8.56. The summed E-state index contributed by atoms with van der Waals surface area (Å²) in [6.07, 6.45) is 0. The minimum absolute atomic E-state index is 0.877. The molecule has 7 aromatic rings. The summed E-state index contributed by atoms with van der Waals surface area (Å²) >= 11 is 1.82. The van der Waals surface area contributed by atoms with Crippen LogP contribution in [0.1, 0.15) is 5.56 Å². The first-order valence-corrected chi connectivity index (χ1v) is 20.9. The molecule has 0 unspecified atom stereocenters. The molecule has 0 N–H and O–H groups in total. The molecule has 0 radical (unpaired) electrons. The van der Waals surface area contributed by atoms with Gasteiger partial charge in [-0.2, -0.15) is 35.9 Å². The molecule has 0 spiro atoms. The van der Waals surface area contributed by atoms with E-state index >= 15 is 0 Å². The molecular weight excluding hydrogens is 743 g/mol. The van der Waals surface area contributed by atoms with Gasteiger partial charge < -0.3 is 4.79 Å². The van der Waals surface area contributed by atoms with Crippen LogP contribution in [0.2, 0.25) is 0 Å². The van der Waals surface area contributed by atoms with E-state index < -0.39 is 15.8 Å². The Kier molecular flexibility index (Phi) is 19.4. The van der Waals surface area contributed by atoms with E-state index in [-0.39, 0.29) is 0 Å². The maximum Gasteiger partial charge on any atom is 0.102 e. The van der Waals surface area contributed by atoms with Gasteiger partial charge in [-0.25, -0.2) is 0 Å². The Bertz CT molecular complexity index is 1490. The number of aryl methyl sites for hydroxylation is 1. The summed E-state index contributed by atoms with van der Waals surface area (Å²) in [6, 6.07) is 75.8. The smallest absolute Gasteiger partial charge is 0.0620 e. The molecule has 7 aromatic carbocycles. The SMILES string of the molecule is Cc1cc[c-]cc1.[CH-]=O.[Cl][Ru+2].c1ccc([PH+](c2ccccc2)c2ccccc2)cc1.c1ccc([PH+](c2ccccc2)c2ccccc2)cc1. The summed E-state index contributed by atoms with van der Waals surface area (Å²) < 4.78 is 0. The van der Waals surface area contributed by atoms with Gasteiger partial charge in [-0.15, -0.1) is 0 Å². The number of halogens is 1. The van der Waals surface area contributed by atoms with Crippen molar-refractivity contribution in [2.24, 2.45) is 0 Å². The van der Waals surface area contributed by atoms with Crippen LogP contribution in [0.25, 0.3) is 0 Å². The summed E-state index contributed by atoms with van der Waals surface area (Å²) in [6.45, 7) is 5.31. The van der Waals surface area contributed by atoms with Gasteiger partial charge in [0.15, 0.2) is 0 Å². The molecule has 49 heavy (non-hydrogen) atoms. The second-order valence-electron chi connectivity index (χ2n) is 10.5. The average molecular weight is 783 g/mol. The molecular formula is C44H40ClOP2Ru+2. The van der Waals surface area contributed by atoms with E-state index in [1.807, 2.05) is 41.6 Å². The van der Waals surface area contributed by atoms with Crippen molar-refractivity contribution >= 4 is 64.2 Å². The second kappa shape index (κ2) is 24.2. The summed E-state index contributed by atoms with van der Waals surface area (Å²) in [5, 5.41) is 8.61. The first-order valence-electron chi connectivity index (χ1n) is 15.7. The molecule has 0 aliphatic rings. The fraction of sp³-hybridized carbons (Fsp3) is 0.0227. The number of rotatable bonds is 6. The third kappa shape index (κ3) is 13.4. The van der Waals surface area contributed by atoms with Crippen molar-refractivity contribution < 1.29 is 22.1 Å². The Morgan fingerprint density at radius 3 is 0.714 bits per heavy atom. The van der Waals surface area contributed by atoms with Crippen molar-refractivity contribution in [3.63, 3.8) is 0 Å². The largest absolute Gasteiger partial charge is 0.102 e. The van der Waals surface area contributed by atoms with Crippen molar-refractivity contribution in [1.82, 2.24) is 0 Å². The van der Waals surface area contributed by atoms with Crippen molar-refractivity contribution in [3.8, 4) is 0 Å². The molecule has 0 saturated heterocycles.